The van der Waals surface area contributed by atoms with Gasteiger partial charge in [-0.1, -0.05) is 12.1 Å². The van der Waals surface area contributed by atoms with E-state index in [4.69, 9.17) is 9.47 Å². The lowest BCUT2D eigenvalue weighted by atomic mass is 9.95. The molecule has 0 radical (unpaired) electrons. The molecular formula is C15H18N2O5. The molecule has 0 bridgehead atoms. The molecule has 7 heteroatoms. The second-order valence-corrected chi connectivity index (χ2v) is 4.79. The van der Waals surface area contributed by atoms with Gasteiger partial charge in [0, 0.05) is 12.8 Å². The second kappa shape index (κ2) is 6.95. The van der Waals surface area contributed by atoms with Gasteiger partial charge in [-0.05, 0) is 24.6 Å². The first-order valence-electron chi connectivity index (χ1n) is 6.76. The van der Waals surface area contributed by atoms with Crippen molar-refractivity contribution in [1.29, 1.82) is 0 Å². The number of urea groups is 1. The highest BCUT2D eigenvalue weighted by molar-refractivity contribution is 5.95. The number of aromatic hydroxyl groups is 1. The molecule has 0 aromatic heterocycles. The molecule has 1 aromatic rings. The first-order valence-corrected chi connectivity index (χ1v) is 6.76. The Balaban J connectivity index is 2.30. The summed E-state index contributed by atoms with van der Waals surface area (Å²) < 4.78 is 9.97. The Labute approximate surface area is 127 Å². The van der Waals surface area contributed by atoms with Crippen molar-refractivity contribution in [2.24, 2.45) is 0 Å². The van der Waals surface area contributed by atoms with Crippen molar-refractivity contribution in [3.63, 3.8) is 0 Å². The summed E-state index contributed by atoms with van der Waals surface area (Å²) in [5.74, 6) is -0.495. The minimum atomic E-state index is -0.684. The number of phenolic OH excluding ortho intramolecular Hbond substituents is 1. The highest BCUT2D eigenvalue weighted by atomic mass is 16.6. The van der Waals surface area contributed by atoms with E-state index in [2.05, 4.69) is 10.6 Å². The maximum absolute atomic E-state index is 12.3. The number of esters is 1. The topological polar surface area (TPSA) is 96.9 Å². The molecule has 3 N–H and O–H groups in total. The van der Waals surface area contributed by atoms with Crippen LogP contribution >= 0.6 is 0 Å². The minimum absolute atomic E-state index is 0.0510. The molecule has 2 amide bonds. The molecule has 0 saturated heterocycles. The van der Waals surface area contributed by atoms with Crippen LogP contribution in [0.3, 0.4) is 0 Å². The largest absolute Gasteiger partial charge is 0.508 e. The summed E-state index contributed by atoms with van der Waals surface area (Å²) in [5.41, 5.74) is 1.30. The van der Waals surface area contributed by atoms with Crippen LogP contribution in [0.5, 0.6) is 5.75 Å². The van der Waals surface area contributed by atoms with Crippen LogP contribution in [0.1, 0.15) is 18.5 Å². The van der Waals surface area contributed by atoms with Crippen molar-refractivity contribution < 1.29 is 24.2 Å². The van der Waals surface area contributed by atoms with Gasteiger partial charge in [-0.3, -0.25) is 0 Å². The normalized spacial score (nSPS) is 17.7. The van der Waals surface area contributed by atoms with Gasteiger partial charge in [-0.2, -0.15) is 0 Å². The van der Waals surface area contributed by atoms with Crippen molar-refractivity contribution in [1.82, 2.24) is 10.6 Å². The predicted molar refractivity (Wildman–Crippen MR) is 78.1 cm³/mol. The number of ether oxygens (including phenoxy) is 2. The van der Waals surface area contributed by atoms with Crippen LogP contribution in [0.2, 0.25) is 0 Å². The van der Waals surface area contributed by atoms with Crippen LogP contribution in [-0.4, -0.2) is 37.4 Å². The molecule has 1 aromatic carbocycles. The van der Waals surface area contributed by atoms with E-state index in [0.717, 1.165) is 0 Å². The fraction of sp³-hybridized carbons (Fsp3) is 0.333. The van der Waals surface area contributed by atoms with Gasteiger partial charge in [0.25, 0.3) is 0 Å². The second-order valence-electron chi connectivity index (χ2n) is 4.79. The molecule has 118 valence electrons. The maximum Gasteiger partial charge on any atom is 0.338 e. The highest BCUT2D eigenvalue weighted by Gasteiger charge is 2.32. The number of amides is 2. The summed E-state index contributed by atoms with van der Waals surface area (Å²) >= 11 is 0. The smallest absolute Gasteiger partial charge is 0.338 e. The van der Waals surface area contributed by atoms with Gasteiger partial charge in [-0.15, -0.1) is 0 Å². The number of allylic oxidation sites excluding steroid dienone is 1. The molecule has 0 unspecified atom stereocenters. The highest BCUT2D eigenvalue weighted by Crippen LogP contribution is 2.29. The lowest BCUT2D eigenvalue weighted by molar-refractivity contribution is -0.140. The van der Waals surface area contributed by atoms with Crippen LogP contribution in [0.4, 0.5) is 4.79 Å². The van der Waals surface area contributed by atoms with E-state index in [1.165, 1.54) is 19.2 Å². The van der Waals surface area contributed by atoms with Gasteiger partial charge in [0.1, 0.15) is 12.4 Å². The Bertz CT molecular complexity index is 612. The zero-order valence-electron chi connectivity index (χ0n) is 12.4. The summed E-state index contributed by atoms with van der Waals surface area (Å²) in [7, 11) is 1.51. The van der Waals surface area contributed by atoms with Crippen LogP contribution in [0.15, 0.2) is 35.5 Å². The van der Waals surface area contributed by atoms with Gasteiger partial charge in [-0.25, -0.2) is 9.59 Å². The van der Waals surface area contributed by atoms with Gasteiger partial charge in [0.15, 0.2) is 0 Å². The molecule has 0 saturated carbocycles. The number of rotatable bonds is 5. The fourth-order valence-corrected chi connectivity index (χ4v) is 2.21. The standard InChI is InChI=1S/C15H18N2O5/c1-9-12(14(19)22-7-6-21-2)13(17-15(20)16-9)10-4-3-5-11(18)8-10/h3-5,8,13,18H,6-7H2,1-2H3,(H2,16,17,20)/t13-/m1/s1. The minimum Gasteiger partial charge on any atom is -0.508 e. The average Bonchev–Trinajstić information content (AvgIpc) is 2.46. The zero-order chi connectivity index (χ0) is 16.1. The lowest BCUT2D eigenvalue weighted by Gasteiger charge is -2.28. The summed E-state index contributed by atoms with van der Waals surface area (Å²) in [6.07, 6.45) is 0. The summed E-state index contributed by atoms with van der Waals surface area (Å²) in [6.45, 7) is 2.03. The Morgan fingerprint density at radius 1 is 1.36 bits per heavy atom. The summed E-state index contributed by atoms with van der Waals surface area (Å²) in [4.78, 5) is 23.9. The van der Waals surface area contributed by atoms with Gasteiger partial charge < -0.3 is 25.2 Å². The van der Waals surface area contributed by atoms with E-state index in [-0.39, 0.29) is 19.0 Å². The van der Waals surface area contributed by atoms with Gasteiger partial charge in [0.05, 0.1) is 18.2 Å². The fourth-order valence-electron chi connectivity index (χ4n) is 2.21. The molecule has 1 aliphatic heterocycles. The third-order valence-corrected chi connectivity index (χ3v) is 3.21. The van der Waals surface area contributed by atoms with Crippen LogP contribution in [-0.2, 0) is 14.3 Å². The average molecular weight is 306 g/mol. The molecule has 1 heterocycles. The van der Waals surface area contributed by atoms with E-state index in [9.17, 15) is 14.7 Å². The summed E-state index contributed by atoms with van der Waals surface area (Å²) in [5, 5.41) is 14.8. The summed E-state index contributed by atoms with van der Waals surface area (Å²) in [6, 6.07) is 5.26. The van der Waals surface area contributed by atoms with Crippen molar-refractivity contribution in [2.45, 2.75) is 13.0 Å². The Morgan fingerprint density at radius 2 is 2.14 bits per heavy atom. The van der Waals surface area contributed by atoms with Gasteiger partial charge >= 0.3 is 12.0 Å². The number of carbonyl (C=O) groups is 2. The zero-order valence-corrected chi connectivity index (χ0v) is 12.4. The maximum atomic E-state index is 12.3. The van der Waals surface area contributed by atoms with E-state index in [0.29, 0.717) is 16.8 Å². The number of benzene rings is 1. The quantitative estimate of drug-likeness (QED) is 0.561. The predicted octanol–water partition coefficient (Wildman–Crippen LogP) is 1.21. The van der Waals surface area contributed by atoms with E-state index >= 15 is 0 Å². The lowest BCUT2D eigenvalue weighted by Crippen LogP contribution is -2.45. The van der Waals surface area contributed by atoms with Crippen molar-refractivity contribution in [2.75, 3.05) is 20.3 Å². The van der Waals surface area contributed by atoms with Crippen molar-refractivity contribution >= 4 is 12.0 Å². The number of nitrogens with one attached hydrogen (secondary N) is 2. The number of methoxy groups -OCH3 is 1. The molecule has 0 spiro atoms. The molecule has 2 rings (SSSR count). The molecule has 1 atom stereocenters. The Hall–Kier alpha value is -2.54. The van der Waals surface area contributed by atoms with E-state index in [1.807, 2.05) is 0 Å². The van der Waals surface area contributed by atoms with Crippen LogP contribution < -0.4 is 10.6 Å². The van der Waals surface area contributed by atoms with Crippen LogP contribution in [0, 0.1) is 0 Å². The molecule has 22 heavy (non-hydrogen) atoms. The SMILES string of the molecule is COCCOC(=O)C1=C(C)NC(=O)N[C@@H]1c1cccc(O)c1. The molecule has 1 aliphatic rings. The number of carbonyl (C=O) groups excluding carboxylic acids is 2. The van der Waals surface area contributed by atoms with Crippen molar-refractivity contribution in [3.05, 3.63) is 41.1 Å². The van der Waals surface area contributed by atoms with E-state index < -0.39 is 18.0 Å². The first-order chi connectivity index (χ1) is 10.5. The molecular weight excluding hydrogens is 288 g/mol. The van der Waals surface area contributed by atoms with Crippen LogP contribution in [0.25, 0.3) is 0 Å². The van der Waals surface area contributed by atoms with E-state index in [1.54, 1.807) is 19.1 Å². The molecule has 0 aliphatic carbocycles. The molecule has 7 nitrogen and oxygen atoms in total. The number of phenols is 1. The van der Waals surface area contributed by atoms with Crippen molar-refractivity contribution in [3.8, 4) is 5.75 Å². The monoisotopic (exact) mass is 306 g/mol. The first kappa shape index (κ1) is 15.8. The number of hydrogen-bond acceptors (Lipinski definition) is 5. The molecule has 0 fully saturated rings. The Morgan fingerprint density at radius 3 is 2.82 bits per heavy atom. The third-order valence-electron chi connectivity index (χ3n) is 3.21. The number of hydrogen-bond donors (Lipinski definition) is 3. The van der Waals surface area contributed by atoms with Gasteiger partial charge in [0.2, 0.25) is 0 Å². The third kappa shape index (κ3) is 3.56. The Kier molecular flexibility index (Phi) is 5.00.